The van der Waals surface area contributed by atoms with E-state index in [2.05, 4.69) is 26.3 Å². The van der Waals surface area contributed by atoms with Crippen molar-refractivity contribution in [3.8, 4) is 11.6 Å². The summed E-state index contributed by atoms with van der Waals surface area (Å²) in [4.78, 5) is 15.3. The van der Waals surface area contributed by atoms with E-state index in [0.29, 0.717) is 42.0 Å². The van der Waals surface area contributed by atoms with Gasteiger partial charge in [-0.05, 0) is 36.4 Å². The number of para-hydroxylation sites is 1. The van der Waals surface area contributed by atoms with Crippen LogP contribution in [0.5, 0.6) is 11.6 Å². The van der Waals surface area contributed by atoms with Crippen LogP contribution in [0.4, 0.5) is 16.6 Å². The van der Waals surface area contributed by atoms with E-state index in [9.17, 15) is 9.11 Å². The molecule has 0 spiro atoms. The summed E-state index contributed by atoms with van der Waals surface area (Å²) >= 11 is 1.61. The summed E-state index contributed by atoms with van der Waals surface area (Å²) in [6, 6.07) is 15.6. The second-order valence-corrected chi connectivity index (χ2v) is 10.6. The van der Waals surface area contributed by atoms with E-state index in [1.54, 1.807) is 23.7 Å². The monoisotopic (exact) mass is 455 g/mol. The molecule has 1 aliphatic heterocycles. The molecule has 8 nitrogen and oxygen atoms in total. The van der Waals surface area contributed by atoms with Crippen molar-refractivity contribution in [2.45, 2.75) is 0 Å². The van der Waals surface area contributed by atoms with Crippen molar-refractivity contribution in [3.63, 3.8) is 0 Å². The van der Waals surface area contributed by atoms with Crippen LogP contribution in [-0.4, -0.2) is 48.7 Å². The molecule has 0 radical (unpaired) electrons. The number of thiazole rings is 1. The molecule has 3 N–H and O–H groups in total. The normalized spacial score (nSPS) is 16.8. The molecule has 3 heterocycles. The average molecular weight is 456 g/mol. The smallest absolute Gasteiger partial charge is 0.263 e. The molecule has 0 saturated carbocycles. The van der Waals surface area contributed by atoms with Crippen LogP contribution in [0.1, 0.15) is 0 Å². The van der Waals surface area contributed by atoms with E-state index in [1.165, 1.54) is 0 Å². The molecule has 160 valence electrons. The highest BCUT2D eigenvalue weighted by Crippen LogP contribution is 2.42. The fourth-order valence-corrected chi connectivity index (χ4v) is 5.43. The number of nitrogens with zero attached hydrogens (tertiary/aromatic N) is 4. The summed E-state index contributed by atoms with van der Waals surface area (Å²) < 4.78 is 26.8. The van der Waals surface area contributed by atoms with Gasteiger partial charge in [0.1, 0.15) is 5.75 Å². The van der Waals surface area contributed by atoms with Crippen molar-refractivity contribution in [2.24, 2.45) is 0 Å². The van der Waals surface area contributed by atoms with Gasteiger partial charge in [0.05, 0.1) is 21.7 Å². The number of rotatable bonds is 5. The fraction of sp³-hybridized carbons (Fsp3) is 0.190. The first kappa shape index (κ1) is 20.0. The minimum Gasteiger partial charge on any atom is -0.436 e. The molecule has 1 fully saturated rings. The Hall–Kier alpha value is -2.92. The molecular formula is C21H21N5O3S2. The van der Waals surface area contributed by atoms with Gasteiger partial charge in [-0.2, -0.15) is 10.6 Å². The lowest BCUT2D eigenvalue weighted by Gasteiger charge is -2.41. The van der Waals surface area contributed by atoms with Gasteiger partial charge in [-0.25, -0.2) is 15.0 Å². The van der Waals surface area contributed by atoms with Crippen LogP contribution in [0.3, 0.4) is 0 Å². The van der Waals surface area contributed by atoms with Gasteiger partial charge >= 0.3 is 0 Å². The van der Waals surface area contributed by atoms with E-state index < -0.39 is 10.6 Å². The number of hydrogen-bond acceptors (Lipinski definition) is 9. The highest BCUT2D eigenvalue weighted by atomic mass is 32.3. The minimum absolute atomic E-state index is 0.329. The molecule has 2 aromatic heterocycles. The predicted octanol–water partition coefficient (Wildman–Crippen LogP) is 5.19. The van der Waals surface area contributed by atoms with Gasteiger partial charge < -0.3 is 15.0 Å². The molecule has 1 aliphatic rings. The lowest BCUT2D eigenvalue weighted by molar-refractivity contribution is 0.455. The number of hydrogen-bond donors (Lipinski definition) is 3. The van der Waals surface area contributed by atoms with Crippen molar-refractivity contribution >= 4 is 48.8 Å². The lowest BCUT2D eigenvalue weighted by Crippen LogP contribution is -2.39. The van der Waals surface area contributed by atoms with Gasteiger partial charge in [0.2, 0.25) is 0 Å². The first-order valence-corrected chi connectivity index (χ1v) is 12.5. The number of nitrogens with one attached hydrogen (secondary N) is 1. The van der Waals surface area contributed by atoms with Crippen LogP contribution in [0.15, 0.2) is 60.9 Å². The Kier molecular flexibility index (Phi) is 5.36. The van der Waals surface area contributed by atoms with Crippen LogP contribution in [0.25, 0.3) is 10.2 Å². The van der Waals surface area contributed by atoms with Crippen molar-refractivity contribution in [3.05, 3.63) is 60.9 Å². The largest absolute Gasteiger partial charge is 0.436 e. The SMILES string of the molecule is OS1(O)CCN(c2nccnc2Oc2ccc(Nc3nc4ccccc4s3)cc2)CC1. The zero-order chi connectivity index (χ0) is 21.3. The summed E-state index contributed by atoms with van der Waals surface area (Å²) in [5.74, 6) is 2.30. The molecule has 5 rings (SSSR count). The fourth-order valence-electron chi connectivity index (χ4n) is 3.31. The average Bonchev–Trinajstić information content (AvgIpc) is 3.18. The number of anilines is 3. The molecule has 31 heavy (non-hydrogen) atoms. The molecular weight excluding hydrogens is 434 g/mol. The maximum atomic E-state index is 9.85. The Bertz CT molecular complexity index is 1160. The molecule has 0 atom stereocenters. The first-order valence-electron chi connectivity index (χ1n) is 9.76. The van der Waals surface area contributed by atoms with Crippen LogP contribution in [0.2, 0.25) is 0 Å². The maximum absolute atomic E-state index is 9.85. The third kappa shape index (κ3) is 4.57. The van der Waals surface area contributed by atoms with Crippen LogP contribution < -0.4 is 15.0 Å². The lowest BCUT2D eigenvalue weighted by atomic mass is 10.3. The summed E-state index contributed by atoms with van der Waals surface area (Å²) in [5.41, 5.74) is 1.89. The van der Waals surface area contributed by atoms with E-state index in [0.717, 1.165) is 21.0 Å². The summed E-state index contributed by atoms with van der Waals surface area (Å²) in [5, 5.41) is 4.16. The maximum Gasteiger partial charge on any atom is 0.263 e. The standard InChI is InChI=1S/C21H21N5O3S2/c27-31(28)13-11-26(12-14-31)19-20(23-10-9-22-19)29-16-7-5-15(6-8-16)24-21-25-17-3-1-2-4-18(17)30-21/h1-10,27-28H,11-14H2,(H,24,25). The Morgan fingerprint density at radius 1 is 0.968 bits per heavy atom. The van der Waals surface area contributed by atoms with Crippen molar-refractivity contribution in [1.82, 2.24) is 15.0 Å². The van der Waals surface area contributed by atoms with Crippen molar-refractivity contribution < 1.29 is 13.8 Å². The molecule has 0 amide bonds. The second kappa shape index (κ2) is 8.31. The Labute approximate surface area is 184 Å². The Balaban J connectivity index is 1.29. The van der Waals surface area contributed by atoms with Gasteiger partial charge in [0.25, 0.3) is 5.88 Å². The number of benzene rings is 2. The summed E-state index contributed by atoms with van der Waals surface area (Å²) in [7, 11) is -2.48. The molecule has 0 unspecified atom stereocenters. The minimum atomic E-state index is -2.48. The third-order valence-electron chi connectivity index (χ3n) is 4.94. The van der Waals surface area contributed by atoms with Gasteiger partial charge in [-0.15, -0.1) is 0 Å². The number of aromatic nitrogens is 3. The van der Waals surface area contributed by atoms with Gasteiger partial charge in [0, 0.05) is 31.2 Å². The highest BCUT2D eigenvalue weighted by molar-refractivity contribution is 8.24. The quantitative estimate of drug-likeness (QED) is 0.378. The Morgan fingerprint density at radius 3 is 2.48 bits per heavy atom. The number of fused-ring (bicyclic) bond motifs is 1. The first-order chi connectivity index (χ1) is 15.1. The van der Waals surface area contributed by atoms with E-state index in [4.69, 9.17) is 4.74 Å². The molecule has 2 aromatic carbocycles. The van der Waals surface area contributed by atoms with Gasteiger partial charge in [0.15, 0.2) is 10.9 Å². The molecule has 10 heteroatoms. The Morgan fingerprint density at radius 2 is 1.71 bits per heavy atom. The van der Waals surface area contributed by atoms with Crippen molar-refractivity contribution in [1.29, 1.82) is 0 Å². The molecule has 0 aliphatic carbocycles. The van der Waals surface area contributed by atoms with Crippen molar-refractivity contribution in [2.75, 3.05) is 34.8 Å². The van der Waals surface area contributed by atoms with Gasteiger partial charge in [-0.1, -0.05) is 23.5 Å². The van der Waals surface area contributed by atoms with E-state index in [1.807, 2.05) is 47.4 Å². The molecule has 1 saturated heterocycles. The number of ether oxygens (including phenoxy) is 1. The summed E-state index contributed by atoms with van der Waals surface area (Å²) in [6.45, 7) is 1.00. The summed E-state index contributed by atoms with van der Waals surface area (Å²) in [6.07, 6.45) is 3.19. The third-order valence-corrected chi connectivity index (χ3v) is 7.56. The molecule has 0 bridgehead atoms. The van der Waals surface area contributed by atoms with Crippen LogP contribution >= 0.6 is 21.9 Å². The predicted molar refractivity (Wildman–Crippen MR) is 126 cm³/mol. The molecule has 4 aromatic rings. The zero-order valence-corrected chi connectivity index (χ0v) is 18.1. The topological polar surface area (TPSA) is 104 Å². The van der Waals surface area contributed by atoms with Crippen LogP contribution in [0, 0.1) is 0 Å². The van der Waals surface area contributed by atoms with Gasteiger partial charge in [-0.3, -0.25) is 9.11 Å². The van der Waals surface area contributed by atoms with E-state index in [-0.39, 0.29) is 0 Å². The zero-order valence-electron chi connectivity index (χ0n) is 16.5. The second-order valence-electron chi connectivity index (χ2n) is 7.12. The van der Waals surface area contributed by atoms with Crippen LogP contribution in [-0.2, 0) is 0 Å². The highest BCUT2D eigenvalue weighted by Gasteiger charge is 2.25. The van der Waals surface area contributed by atoms with E-state index >= 15 is 0 Å².